The normalized spacial score (nSPS) is 16.5. The minimum atomic E-state index is -1.96. The zero-order valence-electron chi connectivity index (χ0n) is 19.7. The molecule has 2 heterocycles. The van der Waals surface area contributed by atoms with E-state index in [1.54, 1.807) is 35.0 Å². The zero-order valence-corrected chi connectivity index (χ0v) is 20.7. The second kappa shape index (κ2) is 7.81. The first kappa shape index (κ1) is 23.0. The fourth-order valence-electron chi connectivity index (χ4n) is 3.44. The van der Waals surface area contributed by atoms with Crippen molar-refractivity contribution in [3.63, 3.8) is 0 Å². The fraction of sp³-hybridized carbons (Fsp3) is 0.440. The molecule has 0 saturated carbocycles. The molecule has 164 valence electrons. The first-order chi connectivity index (χ1) is 14.2. The van der Waals surface area contributed by atoms with Crippen molar-refractivity contribution in [2.24, 2.45) is 0 Å². The molecule has 1 aliphatic heterocycles. The van der Waals surface area contributed by atoms with Crippen LogP contribution in [0.3, 0.4) is 0 Å². The Balaban J connectivity index is 2.01. The van der Waals surface area contributed by atoms with Crippen LogP contribution in [0.2, 0.25) is 18.1 Å². The number of pyridine rings is 1. The van der Waals surface area contributed by atoms with E-state index >= 15 is 0 Å². The minimum absolute atomic E-state index is 0.0941. The van der Waals surface area contributed by atoms with Gasteiger partial charge in [0, 0.05) is 17.8 Å². The Morgan fingerprint density at radius 3 is 2.45 bits per heavy atom. The average molecular weight is 437 g/mol. The van der Waals surface area contributed by atoms with Crippen LogP contribution in [0.4, 0.5) is 0 Å². The number of hydrogen-bond donors (Lipinski definition) is 0. The second-order valence-corrected chi connectivity index (χ2v) is 15.0. The van der Waals surface area contributed by atoms with Crippen LogP contribution in [0.25, 0.3) is 5.70 Å². The molecular formula is C25H32N2O3Si. The molecule has 1 unspecified atom stereocenters. The second-order valence-electron chi connectivity index (χ2n) is 10.2. The highest BCUT2D eigenvalue weighted by Gasteiger charge is 2.38. The van der Waals surface area contributed by atoms with Crippen molar-refractivity contribution in [3.05, 3.63) is 69.6 Å². The maximum absolute atomic E-state index is 13.2. The fourth-order valence-corrected chi connectivity index (χ4v) is 4.81. The number of aromatic nitrogens is 1. The molecule has 5 nitrogen and oxygen atoms in total. The predicted octanol–water partition coefficient (Wildman–Crippen LogP) is 5.86. The molecule has 1 aliphatic rings. The van der Waals surface area contributed by atoms with Crippen LogP contribution in [0.1, 0.15) is 64.3 Å². The predicted molar refractivity (Wildman–Crippen MR) is 127 cm³/mol. The Kier molecular flexibility index (Phi) is 5.81. The molecule has 1 aromatic heterocycles. The van der Waals surface area contributed by atoms with Gasteiger partial charge in [-0.3, -0.25) is 9.36 Å². The van der Waals surface area contributed by atoms with Crippen LogP contribution >= 0.6 is 0 Å². The average Bonchev–Trinajstić information content (AvgIpc) is 2.65. The minimum Gasteiger partial charge on any atom is -0.483 e. The van der Waals surface area contributed by atoms with E-state index in [9.17, 15) is 10.1 Å². The summed E-state index contributed by atoms with van der Waals surface area (Å²) in [6.07, 6.45) is 3.55. The standard InChI is InChI=1S/C25H32N2O3Si/c1-17(30-31(7,8)24(2,3)4)19-11-12-27(23(28)14-19)21-15-25(5,6)29-22-10-9-18(16-26)13-20(21)22/h9-15,17H,1-8H3. The summed E-state index contributed by atoms with van der Waals surface area (Å²) < 4.78 is 14.1. The Morgan fingerprint density at radius 2 is 1.87 bits per heavy atom. The van der Waals surface area contributed by atoms with E-state index in [0.717, 1.165) is 16.8 Å². The van der Waals surface area contributed by atoms with Gasteiger partial charge in [0.25, 0.3) is 5.56 Å². The van der Waals surface area contributed by atoms with Gasteiger partial charge in [0.1, 0.15) is 11.4 Å². The van der Waals surface area contributed by atoms with Crippen LogP contribution in [-0.2, 0) is 4.43 Å². The number of rotatable bonds is 4. The van der Waals surface area contributed by atoms with Gasteiger partial charge in [-0.25, -0.2) is 0 Å². The van der Waals surface area contributed by atoms with E-state index in [4.69, 9.17) is 9.16 Å². The van der Waals surface area contributed by atoms with Gasteiger partial charge in [-0.2, -0.15) is 5.26 Å². The third-order valence-electron chi connectivity index (χ3n) is 6.19. The molecule has 3 rings (SSSR count). The summed E-state index contributed by atoms with van der Waals surface area (Å²) in [5.41, 5.74) is 2.13. The van der Waals surface area contributed by atoms with Crippen LogP contribution in [-0.4, -0.2) is 18.5 Å². The maximum Gasteiger partial charge on any atom is 0.255 e. The van der Waals surface area contributed by atoms with Crippen molar-refractivity contribution in [2.75, 3.05) is 0 Å². The lowest BCUT2D eigenvalue weighted by molar-refractivity contribution is 0.157. The lowest BCUT2D eigenvalue weighted by atomic mass is 9.97. The molecule has 6 heteroatoms. The van der Waals surface area contributed by atoms with Gasteiger partial charge in [0.2, 0.25) is 0 Å². The van der Waals surface area contributed by atoms with E-state index < -0.39 is 13.9 Å². The van der Waals surface area contributed by atoms with Crippen molar-refractivity contribution in [3.8, 4) is 11.8 Å². The van der Waals surface area contributed by atoms with Crippen molar-refractivity contribution in [1.29, 1.82) is 5.26 Å². The molecule has 1 atom stereocenters. The maximum atomic E-state index is 13.2. The topological polar surface area (TPSA) is 64.2 Å². The SMILES string of the molecule is CC(O[Si](C)(C)C(C)(C)C)c1ccn(C2=CC(C)(C)Oc3ccc(C#N)cc32)c(=O)c1. The first-order valence-corrected chi connectivity index (χ1v) is 13.5. The number of nitrogens with zero attached hydrogens (tertiary/aromatic N) is 2. The van der Waals surface area contributed by atoms with Gasteiger partial charge in [0.05, 0.1) is 23.4 Å². The monoisotopic (exact) mass is 436 g/mol. The van der Waals surface area contributed by atoms with Gasteiger partial charge in [-0.05, 0) is 74.8 Å². The summed E-state index contributed by atoms with van der Waals surface area (Å²) in [6.45, 7) is 16.9. The van der Waals surface area contributed by atoms with E-state index in [0.29, 0.717) is 11.3 Å². The zero-order chi connectivity index (χ0) is 23.2. The molecule has 0 fully saturated rings. The van der Waals surface area contributed by atoms with Gasteiger partial charge >= 0.3 is 0 Å². The highest BCUT2D eigenvalue weighted by atomic mass is 28.4. The Bertz CT molecular complexity index is 1130. The van der Waals surface area contributed by atoms with Gasteiger partial charge in [0.15, 0.2) is 8.32 Å². The smallest absolute Gasteiger partial charge is 0.255 e. The quantitative estimate of drug-likeness (QED) is 0.563. The van der Waals surface area contributed by atoms with Crippen LogP contribution in [0.15, 0.2) is 47.4 Å². The van der Waals surface area contributed by atoms with Crippen molar-refractivity contribution >= 4 is 14.0 Å². The molecule has 0 saturated heterocycles. The Hall–Kier alpha value is -2.62. The van der Waals surface area contributed by atoms with Crippen molar-refractivity contribution in [2.45, 2.75) is 71.4 Å². The van der Waals surface area contributed by atoms with Crippen molar-refractivity contribution < 1.29 is 9.16 Å². The van der Waals surface area contributed by atoms with Gasteiger partial charge in [-0.15, -0.1) is 0 Å². The number of fused-ring (bicyclic) bond motifs is 1. The summed E-state index contributed by atoms with van der Waals surface area (Å²) in [7, 11) is -1.96. The number of ether oxygens (including phenoxy) is 1. The highest BCUT2D eigenvalue weighted by molar-refractivity contribution is 6.74. The molecule has 1 aromatic carbocycles. The molecular weight excluding hydrogens is 404 g/mol. The third kappa shape index (κ3) is 4.68. The summed E-state index contributed by atoms with van der Waals surface area (Å²) in [5, 5.41) is 9.41. The van der Waals surface area contributed by atoms with E-state index in [-0.39, 0.29) is 16.7 Å². The molecule has 31 heavy (non-hydrogen) atoms. The third-order valence-corrected chi connectivity index (χ3v) is 10.7. The number of benzene rings is 1. The summed E-state index contributed by atoms with van der Waals surface area (Å²) in [6, 6.07) is 11.0. The summed E-state index contributed by atoms with van der Waals surface area (Å²) >= 11 is 0. The molecule has 0 N–H and O–H groups in total. The molecule has 2 aromatic rings. The van der Waals surface area contributed by atoms with Gasteiger partial charge < -0.3 is 9.16 Å². The van der Waals surface area contributed by atoms with E-state index in [1.165, 1.54) is 0 Å². The van der Waals surface area contributed by atoms with Crippen molar-refractivity contribution in [1.82, 2.24) is 4.57 Å². The van der Waals surface area contributed by atoms with E-state index in [1.807, 2.05) is 32.9 Å². The highest BCUT2D eigenvalue weighted by Crippen LogP contribution is 2.40. The van der Waals surface area contributed by atoms with Gasteiger partial charge in [-0.1, -0.05) is 20.8 Å². The molecule has 0 aliphatic carbocycles. The number of hydrogen-bond acceptors (Lipinski definition) is 4. The molecule has 0 bridgehead atoms. The van der Waals surface area contributed by atoms with Crippen LogP contribution < -0.4 is 10.3 Å². The van der Waals surface area contributed by atoms with Crippen LogP contribution in [0, 0.1) is 11.3 Å². The lowest BCUT2D eigenvalue weighted by Crippen LogP contribution is -2.41. The lowest BCUT2D eigenvalue weighted by Gasteiger charge is -2.38. The largest absolute Gasteiger partial charge is 0.483 e. The summed E-state index contributed by atoms with van der Waals surface area (Å²) in [5.74, 6) is 0.659. The molecule has 0 radical (unpaired) electrons. The first-order valence-electron chi connectivity index (χ1n) is 10.6. The number of nitriles is 1. The summed E-state index contributed by atoms with van der Waals surface area (Å²) in [4.78, 5) is 13.2. The van der Waals surface area contributed by atoms with E-state index in [2.05, 4.69) is 39.9 Å². The Morgan fingerprint density at radius 1 is 1.19 bits per heavy atom. The molecule has 0 spiro atoms. The molecule has 0 amide bonds. The van der Waals surface area contributed by atoms with Crippen LogP contribution in [0.5, 0.6) is 5.75 Å². The Labute approximate surface area is 186 Å².